The van der Waals surface area contributed by atoms with Crippen molar-refractivity contribution in [2.45, 2.75) is 13.3 Å². The molecule has 122 valence electrons. The number of hydrogen-bond acceptors (Lipinski definition) is 4. The maximum absolute atomic E-state index is 13.1. The van der Waals surface area contributed by atoms with Crippen LogP contribution in [0.5, 0.6) is 0 Å². The molecule has 6 heteroatoms. The van der Waals surface area contributed by atoms with E-state index in [9.17, 15) is 4.39 Å². The first-order valence-corrected chi connectivity index (χ1v) is 7.45. The van der Waals surface area contributed by atoms with Gasteiger partial charge in [-0.2, -0.15) is 0 Å². The number of furan rings is 1. The lowest BCUT2D eigenvalue weighted by atomic mass is 10.2. The van der Waals surface area contributed by atoms with Gasteiger partial charge in [0.05, 0.1) is 0 Å². The molecule has 4 nitrogen and oxygen atoms in total. The predicted octanol–water partition coefficient (Wildman–Crippen LogP) is 1.83. The minimum absolute atomic E-state index is 0. The normalized spacial score (nSPS) is 10.8. The van der Waals surface area contributed by atoms with E-state index in [1.54, 1.807) is 12.1 Å². The summed E-state index contributed by atoms with van der Waals surface area (Å²) in [5.41, 5.74) is 2.91. The second-order valence-electron chi connectivity index (χ2n) is 5.25. The van der Waals surface area contributed by atoms with Gasteiger partial charge in [0.15, 0.2) is 11.4 Å². The van der Waals surface area contributed by atoms with E-state index in [1.807, 2.05) is 31.2 Å². The Morgan fingerprint density at radius 1 is 1.04 bits per heavy atom. The highest BCUT2D eigenvalue weighted by molar-refractivity contribution is 6.06. The highest BCUT2D eigenvalue weighted by atomic mass is 35.5. The van der Waals surface area contributed by atoms with Gasteiger partial charge >= 0.3 is 0 Å². The molecule has 0 aliphatic rings. The van der Waals surface area contributed by atoms with Crippen molar-refractivity contribution in [3.05, 3.63) is 60.2 Å². The molecule has 0 spiro atoms. The first-order valence-electron chi connectivity index (χ1n) is 7.45. The summed E-state index contributed by atoms with van der Waals surface area (Å²) in [6.07, 6.45) is 0.716. The summed E-state index contributed by atoms with van der Waals surface area (Å²) in [4.78, 5) is 9.12. The maximum Gasteiger partial charge on any atom is 0.196 e. The van der Waals surface area contributed by atoms with Gasteiger partial charge in [0, 0.05) is 17.5 Å². The second kappa shape index (κ2) is 6.45. The molecular formula is C18H14ClFN3O-. The number of benzene rings is 2. The van der Waals surface area contributed by atoms with E-state index in [4.69, 9.17) is 4.42 Å². The molecule has 24 heavy (non-hydrogen) atoms. The van der Waals surface area contributed by atoms with Crippen LogP contribution in [0.3, 0.4) is 0 Å². The maximum atomic E-state index is 13.1. The Balaban J connectivity index is 0.00000169. The number of nitrogens with zero attached hydrogens (tertiary/aromatic N) is 2. The van der Waals surface area contributed by atoms with Gasteiger partial charge in [-0.1, -0.05) is 19.1 Å². The van der Waals surface area contributed by atoms with E-state index < -0.39 is 0 Å². The lowest BCUT2D eigenvalue weighted by Gasteiger charge is -2.07. The molecule has 4 aromatic rings. The summed E-state index contributed by atoms with van der Waals surface area (Å²) < 4.78 is 19.0. The van der Waals surface area contributed by atoms with Crippen molar-refractivity contribution < 1.29 is 21.2 Å². The van der Waals surface area contributed by atoms with Crippen LogP contribution in [0.15, 0.2) is 52.9 Å². The molecule has 0 radical (unpaired) electrons. The number of anilines is 2. The van der Waals surface area contributed by atoms with Gasteiger partial charge in [-0.05, 0) is 36.4 Å². The van der Waals surface area contributed by atoms with Crippen LogP contribution in [0.1, 0.15) is 12.7 Å². The first-order chi connectivity index (χ1) is 11.2. The molecule has 2 aromatic carbocycles. The van der Waals surface area contributed by atoms with Gasteiger partial charge in [0.1, 0.15) is 22.7 Å². The van der Waals surface area contributed by atoms with Gasteiger partial charge < -0.3 is 22.1 Å². The lowest BCUT2D eigenvalue weighted by molar-refractivity contribution is -0.00000577. The Kier molecular flexibility index (Phi) is 4.36. The van der Waals surface area contributed by atoms with Crippen molar-refractivity contribution in [2.75, 3.05) is 5.32 Å². The smallest absolute Gasteiger partial charge is 0.196 e. The van der Waals surface area contributed by atoms with Crippen molar-refractivity contribution in [2.24, 2.45) is 0 Å². The SMILES string of the molecule is CCc1nc(Nc2ccc(F)cc2)c2oc3ccccc3c2n1.[Cl-]. The quantitative estimate of drug-likeness (QED) is 0.617. The highest BCUT2D eigenvalue weighted by Gasteiger charge is 2.15. The fourth-order valence-corrected chi connectivity index (χ4v) is 2.55. The van der Waals surface area contributed by atoms with Gasteiger partial charge in [0.2, 0.25) is 0 Å². The van der Waals surface area contributed by atoms with E-state index in [2.05, 4.69) is 15.3 Å². The van der Waals surface area contributed by atoms with Gasteiger partial charge in [-0.15, -0.1) is 0 Å². The zero-order valence-electron chi connectivity index (χ0n) is 12.9. The summed E-state index contributed by atoms with van der Waals surface area (Å²) in [5.74, 6) is 1.05. The number of hydrogen-bond donors (Lipinski definition) is 1. The van der Waals surface area contributed by atoms with Gasteiger partial charge in [0.25, 0.3) is 0 Å². The van der Waals surface area contributed by atoms with Crippen LogP contribution in [0.2, 0.25) is 0 Å². The molecule has 0 unspecified atom stereocenters. The average molecular weight is 343 g/mol. The molecule has 0 atom stereocenters. The molecule has 1 N–H and O–H groups in total. The second-order valence-corrected chi connectivity index (χ2v) is 5.25. The third-order valence-corrected chi connectivity index (χ3v) is 3.69. The molecule has 0 fully saturated rings. The minimum Gasteiger partial charge on any atom is -1.00 e. The summed E-state index contributed by atoms with van der Waals surface area (Å²) in [5, 5.41) is 4.16. The number of para-hydroxylation sites is 1. The number of fused-ring (bicyclic) bond motifs is 3. The predicted molar refractivity (Wildman–Crippen MR) is 88.4 cm³/mol. The molecule has 0 saturated heterocycles. The van der Waals surface area contributed by atoms with Crippen LogP contribution < -0.4 is 17.7 Å². The number of halogens is 2. The molecule has 0 aliphatic carbocycles. The minimum atomic E-state index is -0.277. The molecule has 0 amide bonds. The fourth-order valence-electron chi connectivity index (χ4n) is 2.55. The van der Waals surface area contributed by atoms with Crippen LogP contribution in [0.25, 0.3) is 22.1 Å². The van der Waals surface area contributed by atoms with Crippen molar-refractivity contribution in [1.82, 2.24) is 9.97 Å². The Labute approximate surface area is 144 Å². The number of aryl methyl sites for hydroxylation is 1. The van der Waals surface area contributed by atoms with Gasteiger partial charge in [-0.25, -0.2) is 14.4 Å². The molecule has 0 bridgehead atoms. The van der Waals surface area contributed by atoms with E-state index in [-0.39, 0.29) is 18.2 Å². The highest BCUT2D eigenvalue weighted by Crippen LogP contribution is 2.32. The standard InChI is InChI=1S/C18H14FN3O.ClH/c1-2-15-21-16-13-5-3-4-6-14(13)23-17(16)18(22-15)20-12-9-7-11(19)8-10-12;/h3-10H,2H2,1H3,(H,20,21,22);1H/p-1. The van der Waals surface area contributed by atoms with Crippen molar-refractivity contribution in [3.8, 4) is 0 Å². The average Bonchev–Trinajstić information content (AvgIpc) is 2.96. The van der Waals surface area contributed by atoms with E-state index in [1.165, 1.54) is 12.1 Å². The first kappa shape index (κ1) is 16.2. The van der Waals surface area contributed by atoms with Crippen molar-refractivity contribution in [1.29, 1.82) is 0 Å². The molecular weight excluding hydrogens is 329 g/mol. The van der Waals surface area contributed by atoms with E-state index >= 15 is 0 Å². The number of nitrogens with one attached hydrogen (secondary N) is 1. The zero-order chi connectivity index (χ0) is 15.8. The lowest BCUT2D eigenvalue weighted by Crippen LogP contribution is -3.00. The zero-order valence-corrected chi connectivity index (χ0v) is 13.6. The summed E-state index contributed by atoms with van der Waals surface area (Å²) >= 11 is 0. The molecule has 2 heterocycles. The van der Waals surface area contributed by atoms with Crippen LogP contribution in [0.4, 0.5) is 15.9 Å². The topological polar surface area (TPSA) is 51.0 Å². The monoisotopic (exact) mass is 342 g/mol. The van der Waals surface area contributed by atoms with Crippen molar-refractivity contribution >= 4 is 33.6 Å². The fraction of sp³-hybridized carbons (Fsp3) is 0.111. The Morgan fingerprint density at radius 2 is 1.79 bits per heavy atom. The molecule has 0 saturated carbocycles. The summed E-state index contributed by atoms with van der Waals surface area (Å²) in [6, 6.07) is 13.9. The van der Waals surface area contributed by atoms with Crippen LogP contribution in [-0.2, 0) is 6.42 Å². The van der Waals surface area contributed by atoms with Crippen LogP contribution in [0, 0.1) is 5.82 Å². The Bertz CT molecular complexity index is 998. The Hall–Kier alpha value is -2.66. The number of rotatable bonds is 3. The van der Waals surface area contributed by atoms with Crippen LogP contribution in [-0.4, -0.2) is 9.97 Å². The van der Waals surface area contributed by atoms with E-state index in [0.717, 1.165) is 28.0 Å². The van der Waals surface area contributed by atoms with Gasteiger partial charge in [-0.3, -0.25) is 0 Å². The molecule has 4 rings (SSSR count). The summed E-state index contributed by atoms with van der Waals surface area (Å²) in [7, 11) is 0. The van der Waals surface area contributed by atoms with Crippen molar-refractivity contribution in [3.63, 3.8) is 0 Å². The van der Waals surface area contributed by atoms with E-state index in [0.29, 0.717) is 17.8 Å². The molecule has 2 aromatic heterocycles. The Morgan fingerprint density at radius 3 is 2.54 bits per heavy atom. The van der Waals surface area contributed by atoms with Crippen LogP contribution >= 0.6 is 0 Å². The number of aromatic nitrogens is 2. The molecule has 0 aliphatic heterocycles. The summed E-state index contributed by atoms with van der Waals surface area (Å²) in [6.45, 7) is 2.01. The third kappa shape index (κ3) is 2.78. The largest absolute Gasteiger partial charge is 1.00 e. The third-order valence-electron chi connectivity index (χ3n) is 3.69.